The molecule has 0 saturated carbocycles. The molecule has 0 aromatic heterocycles. The van der Waals surface area contributed by atoms with Crippen LogP contribution in [0.5, 0.6) is 0 Å². The van der Waals surface area contributed by atoms with Crippen molar-refractivity contribution in [2.45, 2.75) is 31.8 Å². The number of benzene rings is 1. The molecule has 1 N–H and O–H groups in total. The largest absolute Gasteiger partial charge is 0.389 e. The van der Waals surface area contributed by atoms with Crippen molar-refractivity contribution in [2.24, 2.45) is 0 Å². The van der Waals surface area contributed by atoms with E-state index in [2.05, 4.69) is 44.2 Å². The highest BCUT2D eigenvalue weighted by molar-refractivity contribution is 5.36. The molecule has 2 unspecified atom stereocenters. The van der Waals surface area contributed by atoms with Gasteiger partial charge in [-0.1, -0.05) is 48.9 Å². The lowest BCUT2D eigenvalue weighted by Crippen LogP contribution is -2.19. The quantitative estimate of drug-likeness (QED) is 0.671. The lowest BCUT2D eigenvalue weighted by Gasteiger charge is -2.23. The Morgan fingerprint density at radius 1 is 1.43 bits per heavy atom. The average molecular weight is 188 g/mol. The van der Waals surface area contributed by atoms with Crippen LogP contribution < -0.4 is 0 Å². The van der Waals surface area contributed by atoms with Crippen molar-refractivity contribution in [1.29, 1.82) is 0 Å². The minimum atomic E-state index is -0.277. The minimum absolute atomic E-state index is 0.0193. The van der Waals surface area contributed by atoms with Crippen LogP contribution in [0, 0.1) is 6.92 Å². The first-order chi connectivity index (χ1) is 6.60. The molecule has 2 rings (SSSR count). The van der Waals surface area contributed by atoms with Gasteiger partial charge in [0.05, 0.1) is 6.10 Å². The van der Waals surface area contributed by atoms with Crippen molar-refractivity contribution >= 4 is 0 Å². The topological polar surface area (TPSA) is 20.2 Å². The third kappa shape index (κ3) is 1.60. The summed E-state index contributed by atoms with van der Waals surface area (Å²) in [6.07, 6.45) is 4.53. The molecule has 1 aliphatic carbocycles. The lowest BCUT2D eigenvalue weighted by atomic mass is 9.81. The Morgan fingerprint density at radius 2 is 2.21 bits per heavy atom. The predicted octanol–water partition coefficient (Wildman–Crippen LogP) is 2.57. The number of aryl methyl sites for hydroxylation is 1. The highest BCUT2D eigenvalue weighted by atomic mass is 16.3. The van der Waals surface area contributed by atoms with E-state index in [4.69, 9.17) is 0 Å². The van der Waals surface area contributed by atoms with E-state index < -0.39 is 0 Å². The van der Waals surface area contributed by atoms with E-state index in [1.165, 1.54) is 11.1 Å². The van der Waals surface area contributed by atoms with E-state index in [0.717, 1.165) is 6.42 Å². The maximum absolute atomic E-state index is 9.51. The van der Waals surface area contributed by atoms with Gasteiger partial charge in [-0.3, -0.25) is 0 Å². The van der Waals surface area contributed by atoms with E-state index in [1.54, 1.807) is 0 Å². The zero-order valence-electron chi connectivity index (χ0n) is 8.70. The van der Waals surface area contributed by atoms with Gasteiger partial charge in [-0.05, 0) is 18.9 Å². The van der Waals surface area contributed by atoms with Crippen LogP contribution in [0.25, 0.3) is 0 Å². The van der Waals surface area contributed by atoms with Gasteiger partial charge in [0.2, 0.25) is 0 Å². The Kier molecular flexibility index (Phi) is 2.20. The van der Waals surface area contributed by atoms with Crippen LogP contribution in [0.1, 0.15) is 24.5 Å². The third-order valence-corrected chi connectivity index (χ3v) is 3.00. The zero-order valence-corrected chi connectivity index (χ0v) is 8.70. The van der Waals surface area contributed by atoms with Crippen molar-refractivity contribution < 1.29 is 5.11 Å². The molecule has 14 heavy (non-hydrogen) atoms. The molecule has 1 aliphatic rings. The van der Waals surface area contributed by atoms with E-state index in [0.29, 0.717) is 0 Å². The molecule has 74 valence electrons. The fourth-order valence-corrected chi connectivity index (χ4v) is 2.11. The molecule has 0 bridgehead atoms. The Hall–Kier alpha value is -1.08. The van der Waals surface area contributed by atoms with Gasteiger partial charge >= 0.3 is 0 Å². The van der Waals surface area contributed by atoms with E-state index >= 15 is 0 Å². The molecule has 0 aliphatic heterocycles. The third-order valence-electron chi connectivity index (χ3n) is 3.00. The second-order valence-electron chi connectivity index (χ2n) is 4.42. The fourth-order valence-electron chi connectivity index (χ4n) is 2.11. The molecule has 0 fully saturated rings. The van der Waals surface area contributed by atoms with Crippen LogP contribution in [0.2, 0.25) is 0 Å². The zero-order chi connectivity index (χ0) is 10.2. The molecule has 0 amide bonds. The SMILES string of the molecule is Cc1cccc(C2(C)C=CC(O)C2)c1. The van der Waals surface area contributed by atoms with Gasteiger partial charge in [0.15, 0.2) is 0 Å². The minimum Gasteiger partial charge on any atom is -0.389 e. The lowest BCUT2D eigenvalue weighted by molar-refractivity contribution is 0.205. The van der Waals surface area contributed by atoms with Gasteiger partial charge in [0.1, 0.15) is 0 Å². The maximum atomic E-state index is 9.51. The molecule has 1 aromatic rings. The molecule has 2 atom stereocenters. The number of aliphatic hydroxyl groups excluding tert-OH is 1. The highest BCUT2D eigenvalue weighted by Gasteiger charge is 2.30. The monoisotopic (exact) mass is 188 g/mol. The van der Waals surface area contributed by atoms with Gasteiger partial charge in [0.25, 0.3) is 0 Å². The summed E-state index contributed by atoms with van der Waals surface area (Å²) < 4.78 is 0. The van der Waals surface area contributed by atoms with Crippen molar-refractivity contribution in [3.8, 4) is 0 Å². The Labute approximate surface area is 85.1 Å². The van der Waals surface area contributed by atoms with Gasteiger partial charge in [-0.2, -0.15) is 0 Å². The van der Waals surface area contributed by atoms with Crippen LogP contribution in [0.4, 0.5) is 0 Å². The van der Waals surface area contributed by atoms with Gasteiger partial charge < -0.3 is 5.11 Å². The molecule has 0 saturated heterocycles. The Morgan fingerprint density at radius 3 is 2.79 bits per heavy atom. The summed E-state index contributed by atoms with van der Waals surface area (Å²) >= 11 is 0. The van der Waals surface area contributed by atoms with Gasteiger partial charge in [-0.15, -0.1) is 0 Å². The molecule has 1 heteroatoms. The van der Waals surface area contributed by atoms with Crippen molar-refractivity contribution in [2.75, 3.05) is 0 Å². The smallest absolute Gasteiger partial charge is 0.0732 e. The summed E-state index contributed by atoms with van der Waals surface area (Å²) in [5.41, 5.74) is 2.59. The standard InChI is InChI=1S/C13H16O/c1-10-4-3-5-11(8-10)13(2)7-6-12(14)9-13/h3-8,12,14H,9H2,1-2H3. The summed E-state index contributed by atoms with van der Waals surface area (Å²) in [7, 11) is 0. The van der Waals surface area contributed by atoms with Crippen LogP contribution in [-0.4, -0.2) is 11.2 Å². The van der Waals surface area contributed by atoms with Crippen molar-refractivity contribution in [1.82, 2.24) is 0 Å². The summed E-state index contributed by atoms with van der Waals surface area (Å²) in [6, 6.07) is 8.51. The summed E-state index contributed by atoms with van der Waals surface area (Å²) in [6.45, 7) is 4.27. The number of aliphatic hydroxyl groups is 1. The van der Waals surface area contributed by atoms with E-state index in [1.807, 2.05) is 6.08 Å². The fraction of sp³-hybridized carbons (Fsp3) is 0.385. The van der Waals surface area contributed by atoms with E-state index in [9.17, 15) is 5.11 Å². The summed E-state index contributed by atoms with van der Waals surface area (Å²) in [5, 5.41) is 9.51. The number of rotatable bonds is 1. The first kappa shape index (κ1) is 9.47. The molecular weight excluding hydrogens is 172 g/mol. The number of hydrogen-bond acceptors (Lipinski definition) is 1. The maximum Gasteiger partial charge on any atom is 0.0732 e. The average Bonchev–Trinajstić information content (AvgIpc) is 2.48. The van der Waals surface area contributed by atoms with Crippen LogP contribution >= 0.6 is 0 Å². The molecular formula is C13H16O. The van der Waals surface area contributed by atoms with Gasteiger partial charge in [-0.25, -0.2) is 0 Å². The number of allylic oxidation sites excluding steroid dienone is 1. The Bertz CT molecular complexity index is 367. The Balaban J connectivity index is 2.36. The summed E-state index contributed by atoms with van der Waals surface area (Å²) in [4.78, 5) is 0. The highest BCUT2D eigenvalue weighted by Crippen LogP contribution is 2.35. The second kappa shape index (κ2) is 3.25. The van der Waals surface area contributed by atoms with E-state index in [-0.39, 0.29) is 11.5 Å². The molecule has 0 spiro atoms. The number of hydrogen-bond donors (Lipinski definition) is 1. The van der Waals surface area contributed by atoms with Crippen LogP contribution in [0.15, 0.2) is 36.4 Å². The van der Waals surface area contributed by atoms with Crippen LogP contribution in [0.3, 0.4) is 0 Å². The second-order valence-corrected chi connectivity index (χ2v) is 4.42. The molecule has 1 aromatic carbocycles. The molecule has 0 radical (unpaired) electrons. The summed E-state index contributed by atoms with van der Waals surface area (Å²) in [5.74, 6) is 0. The first-order valence-corrected chi connectivity index (χ1v) is 5.05. The van der Waals surface area contributed by atoms with Crippen molar-refractivity contribution in [3.63, 3.8) is 0 Å². The first-order valence-electron chi connectivity index (χ1n) is 5.05. The normalized spacial score (nSPS) is 30.9. The predicted molar refractivity (Wildman–Crippen MR) is 58.3 cm³/mol. The van der Waals surface area contributed by atoms with Crippen molar-refractivity contribution in [3.05, 3.63) is 47.5 Å². The molecule has 1 nitrogen and oxygen atoms in total. The van der Waals surface area contributed by atoms with Crippen LogP contribution in [-0.2, 0) is 5.41 Å². The molecule has 0 heterocycles. The van der Waals surface area contributed by atoms with Gasteiger partial charge in [0, 0.05) is 5.41 Å².